The predicted molar refractivity (Wildman–Crippen MR) is 136 cm³/mol. The second-order valence-electron chi connectivity index (χ2n) is 7.47. The number of hydrogen-bond acceptors (Lipinski definition) is 3. The number of benzene rings is 3. The van der Waals surface area contributed by atoms with Gasteiger partial charge in [0.15, 0.2) is 5.76 Å². The van der Waals surface area contributed by atoms with E-state index in [1.165, 1.54) is 0 Å². The highest BCUT2D eigenvalue weighted by atomic mass is 79.9. The quantitative estimate of drug-likeness (QED) is 0.188. The van der Waals surface area contributed by atoms with Crippen LogP contribution in [0.25, 0.3) is 21.9 Å². The van der Waals surface area contributed by atoms with E-state index in [0.717, 1.165) is 31.9 Å². The Kier molecular flexibility index (Phi) is 5.98. The molecule has 0 fully saturated rings. The smallest absolute Gasteiger partial charge is 0.307 e. The summed E-state index contributed by atoms with van der Waals surface area (Å²) >= 11 is 15.6. The summed E-state index contributed by atoms with van der Waals surface area (Å²) in [6.45, 7) is 0.617. The summed E-state index contributed by atoms with van der Waals surface area (Å²) < 4.78 is 8.64. The van der Waals surface area contributed by atoms with Crippen LogP contribution in [0.2, 0.25) is 10.0 Å². The molecule has 33 heavy (non-hydrogen) atoms. The first-order valence-electron chi connectivity index (χ1n) is 10.0. The number of rotatable bonds is 5. The van der Waals surface area contributed by atoms with E-state index in [1.54, 1.807) is 18.3 Å². The maximum absolute atomic E-state index is 12.5. The molecule has 0 saturated heterocycles. The van der Waals surface area contributed by atoms with Gasteiger partial charge in [-0.2, -0.15) is 5.10 Å². The van der Waals surface area contributed by atoms with Crippen LogP contribution >= 0.6 is 39.1 Å². The zero-order valence-corrected chi connectivity index (χ0v) is 20.2. The van der Waals surface area contributed by atoms with Gasteiger partial charge in [-0.3, -0.25) is 4.79 Å². The van der Waals surface area contributed by atoms with Gasteiger partial charge in [0.1, 0.15) is 5.58 Å². The molecule has 0 radical (unpaired) electrons. The molecule has 0 atom stereocenters. The highest BCUT2D eigenvalue weighted by Crippen LogP contribution is 2.26. The van der Waals surface area contributed by atoms with Crippen molar-refractivity contribution in [3.63, 3.8) is 0 Å². The molecule has 5 rings (SSSR count). The minimum absolute atomic E-state index is 0.197. The van der Waals surface area contributed by atoms with Crippen molar-refractivity contribution in [1.29, 1.82) is 0 Å². The molecule has 1 N–H and O–H groups in total. The molecule has 3 aromatic carbocycles. The van der Waals surface area contributed by atoms with Crippen molar-refractivity contribution in [3.8, 4) is 0 Å². The van der Waals surface area contributed by atoms with Gasteiger partial charge in [-0.15, -0.1) is 0 Å². The normalized spacial score (nSPS) is 11.6. The van der Waals surface area contributed by atoms with Gasteiger partial charge in [0, 0.05) is 39.1 Å². The fraction of sp³-hybridized carbons (Fsp3) is 0.0400. The van der Waals surface area contributed by atoms with Crippen molar-refractivity contribution >= 4 is 73.1 Å². The standard InChI is InChI=1S/C25H16BrCl2N3O2/c26-18-6-8-23-16(10-18)11-24(33-23)25(32)30-29-12-17-14-31(22-4-2-1-3-19(17)22)13-15-5-7-20(27)21(28)9-15/h1-12,14H,13H2,(H,30,32)/b29-12+. The number of carbonyl (C=O) groups is 1. The molecule has 164 valence electrons. The van der Waals surface area contributed by atoms with E-state index in [4.69, 9.17) is 27.6 Å². The summed E-state index contributed by atoms with van der Waals surface area (Å²) in [4.78, 5) is 12.5. The summed E-state index contributed by atoms with van der Waals surface area (Å²) in [6, 6.07) is 20.8. The first kappa shape index (κ1) is 21.8. The molecule has 5 nitrogen and oxygen atoms in total. The van der Waals surface area contributed by atoms with Crippen LogP contribution in [0.4, 0.5) is 0 Å². The summed E-state index contributed by atoms with van der Waals surface area (Å²) in [5.74, 6) is -0.222. The number of nitrogens with zero attached hydrogens (tertiary/aromatic N) is 2. The fourth-order valence-electron chi connectivity index (χ4n) is 3.69. The number of aromatic nitrogens is 1. The minimum Gasteiger partial charge on any atom is -0.451 e. The summed E-state index contributed by atoms with van der Waals surface area (Å²) in [5, 5.41) is 7.06. The van der Waals surface area contributed by atoms with Gasteiger partial charge in [-0.25, -0.2) is 5.43 Å². The van der Waals surface area contributed by atoms with Gasteiger partial charge in [-0.05, 0) is 48.0 Å². The van der Waals surface area contributed by atoms with Crippen LogP contribution in [-0.4, -0.2) is 16.7 Å². The first-order valence-corrected chi connectivity index (χ1v) is 11.6. The van der Waals surface area contributed by atoms with Gasteiger partial charge < -0.3 is 8.98 Å². The van der Waals surface area contributed by atoms with E-state index < -0.39 is 5.91 Å². The molecule has 5 aromatic rings. The van der Waals surface area contributed by atoms with Crippen LogP contribution in [0.1, 0.15) is 21.7 Å². The molecule has 0 bridgehead atoms. The Balaban J connectivity index is 1.37. The monoisotopic (exact) mass is 539 g/mol. The zero-order valence-electron chi connectivity index (χ0n) is 17.1. The Hall–Kier alpha value is -3.06. The number of hydrogen-bond donors (Lipinski definition) is 1. The molecule has 0 aliphatic carbocycles. The number of carbonyl (C=O) groups excluding carboxylic acids is 1. The van der Waals surface area contributed by atoms with Crippen LogP contribution in [0, 0.1) is 0 Å². The predicted octanol–water partition coefficient (Wildman–Crippen LogP) is 7.27. The largest absolute Gasteiger partial charge is 0.451 e. The van der Waals surface area contributed by atoms with Crippen LogP contribution in [0.5, 0.6) is 0 Å². The van der Waals surface area contributed by atoms with Gasteiger partial charge in [-0.1, -0.05) is 63.4 Å². The Bertz CT molecular complexity index is 1540. The SMILES string of the molecule is O=C(N/N=C/c1cn(Cc2ccc(Cl)c(Cl)c2)c2ccccc12)c1cc2cc(Br)ccc2o1. The first-order chi connectivity index (χ1) is 16.0. The number of amides is 1. The molecule has 2 aromatic heterocycles. The van der Waals surface area contributed by atoms with Gasteiger partial charge in [0.05, 0.1) is 16.3 Å². The molecule has 0 spiro atoms. The van der Waals surface area contributed by atoms with Crippen molar-refractivity contribution < 1.29 is 9.21 Å². The third kappa shape index (κ3) is 4.55. The van der Waals surface area contributed by atoms with Gasteiger partial charge in [0.2, 0.25) is 0 Å². The molecular weight excluding hydrogens is 525 g/mol. The lowest BCUT2D eigenvalue weighted by molar-refractivity contribution is 0.0929. The average molecular weight is 541 g/mol. The number of halogens is 3. The number of para-hydroxylation sites is 1. The average Bonchev–Trinajstić information content (AvgIpc) is 3.38. The highest BCUT2D eigenvalue weighted by molar-refractivity contribution is 9.10. The Morgan fingerprint density at radius 2 is 1.91 bits per heavy atom. The lowest BCUT2D eigenvalue weighted by Crippen LogP contribution is -2.16. The van der Waals surface area contributed by atoms with E-state index in [-0.39, 0.29) is 5.76 Å². The third-order valence-corrected chi connectivity index (χ3v) is 6.46. The van der Waals surface area contributed by atoms with Crippen molar-refractivity contribution in [1.82, 2.24) is 9.99 Å². The van der Waals surface area contributed by atoms with E-state index in [0.29, 0.717) is 22.2 Å². The van der Waals surface area contributed by atoms with Gasteiger partial charge in [0.25, 0.3) is 0 Å². The van der Waals surface area contributed by atoms with Crippen LogP contribution < -0.4 is 5.43 Å². The van der Waals surface area contributed by atoms with Crippen molar-refractivity contribution in [2.45, 2.75) is 6.54 Å². The summed E-state index contributed by atoms with van der Waals surface area (Å²) in [5.41, 5.74) is 6.12. The van der Waals surface area contributed by atoms with E-state index in [9.17, 15) is 4.79 Å². The van der Waals surface area contributed by atoms with Crippen LogP contribution in [0.15, 0.2) is 86.9 Å². The van der Waals surface area contributed by atoms with E-state index in [1.807, 2.05) is 60.8 Å². The Morgan fingerprint density at radius 3 is 2.76 bits per heavy atom. The molecule has 1 amide bonds. The maximum Gasteiger partial charge on any atom is 0.307 e. The number of fused-ring (bicyclic) bond motifs is 2. The van der Waals surface area contributed by atoms with E-state index in [2.05, 4.69) is 31.0 Å². The lowest BCUT2D eigenvalue weighted by Gasteiger charge is -2.06. The second kappa shape index (κ2) is 9.06. The highest BCUT2D eigenvalue weighted by Gasteiger charge is 2.12. The number of hydrazone groups is 1. The lowest BCUT2D eigenvalue weighted by atomic mass is 10.2. The van der Waals surface area contributed by atoms with Crippen molar-refractivity contribution in [3.05, 3.63) is 104 Å². The van der Waals surface area contributed by atoms with Crippen molar-refractivity contribution in [2.75, 3.05) is 0 Å². The van der Waals surface area contributed by atoms with Crippen molar-refractivity contribution in [2.24, 2.45) is 5.10 Å². The third-order valence-electron chi connectivity index (χ3n) is 5.23. The summed E-state index contributed by atoms with van der Waals surface area (Å²) in [6.07, 6.45) is 3.62. The van der Waals surface area contributed by atoms with Gasteiger partial charge >= 0.3 is 5.91 Å². The Morgan fingerprint density at radius 1 is 1.06 bits per heavy atom. The fourth-order valence-corrected chi connectivity index (χ4v) is 4.38. The van der Waals surface area contributed by atoms with Crippen LogP contribution in [0.3, 0.4) is 0 Å². The maximum atomic E-state index is 12.5. The topological polar surface area (TPSA) is 59.5 Å². The zero-order chi connectivity index (χ0) is 22.9. The summed E-state index contributed by atoms with van der Waals surface area (Å²) in [7, 11) is 0. The number of nitrogens with one attached hydrogen (secondary N) is 1. The molecular formula is C25H16BrCl2N3O2. The molecule has 8 heteroatoms. The second-order valence-corrected chi connectivity index (χ2v) is 9.20. The minimum atomic E-state index is -0.418. The molecule has 2 heterocycles. The Labute approximate surface area is 207 Å². The molecule has 0 unspecified atom stereocenters. The van der Waals surface area contributed by atoms with E-state index >= 15 is 0 Å². The van der Waals surface area contributed by atoms with Crippen LogP contribution in [-0.2, 0) is 6.54 Å². The number of furan rings is 1. The molecule has 0 aliphatic rings. The molecule has 0 aliphatic heterocycles. The molecule has 0 saturated carbocycles.